The molecule has 0 fully saturated rings. The van der Waals surface area contributed by atoms with Gasteiger partial charge in [-0.3, -0.25) is 4.98 Å². The quantitative estimate of drug-likeness (QED) is 0.864. The van der Waals surface area contributed by atoms with Gasteiger partial charge in [-0.2, -0.15) is 0 Å². The van der Waals surface area contributed by atoms with E-state index in [2.05, 4.69) is 4.98 Å². The third-order valence-electron chi connectivity index (χ3n) is 2.64. The number of hydrogen-bond acceptors (Lipinski definition) is 2. The molecule has 1 aromatic heterocycles. The highest BCUT2D eigenvalue weighted by Crippen LogP contribution is 2.29. The van der Waals surface area contributed by atoms with Gasteiger partial charge in [-0.25, -0.2) is 0 Å². The number of benzene rings is 1. The van der Waals surface area contributed by atoms with Gasteiger partial charge in [0.05, 0.1) is 5.69 Å². The highest BCUT2D eigenvalue weighted by molar-refractivity contribution is 6.31. The molecule has 2 aromatic rings. The largest absolute Gasteiger partial charge is 0.325 e. The van der Waals surface area contributed by atoms with Gasteiger partial charge in [0.2, 0.25) is 0 Å². The summed E-state index contributed by atoms with van der Waals surface area (Å²) < 4.78 is 0. The van der Waals surface area contributed by atoms with Crippen molar-refractivity contribution in [3.8, 4) is 11.1 Å². The van der Waals surface area contributed by atoms with Gasteiger partial charge in [-0.15, -0.1) is 0 Å². The molecule has 2 rings (SSSR count). The van der Waals surface area contributed by atoms with Gasteiger partial charge in [0.1, 0.15) is 0 Å². The van der Waals surface area contributed by atoms with Crippen LogP contribution in [0.4, 0.5) is 0 Å². The lowest BCUT2D eigenvalue weighted by Crippen LogP contribution is -2.02. The molecule has 0 bridgehead atoms. The predicted octanol–water partition coefficient (Wildman–Crippen LogP) is 3.17. The summed E-state index contributed by atoms with van der Waals surface area (Å²) in [6.07, 6.45) is 1.76. The molecule has 0 atom stereocenters. The minimum atomic E-state index is 0.433. The molecule has 82 valence electrons. The van der Waals surface area contributed by atoms with Gasteiger partial charge in [-0.05, 0) is 30.2 Å². The third-order valence-corrected chi connectivity index (χ3v) is 3.05. The van der Waals surface area contributed by atoms with Crippen molar-refractivity contribution >= 4 is 11.6 Å². The summed E-state index contributed by atoms with van der Waals surface area (Å²) in [5.74, 6) is 0. The lowest BCUT2D eigenvalue weighted by atomic mass is 9.99. The molecule has 0 unspecified atom stereocenters. The van der Waals surface area contributed by atoms with E-state index in [4.69, 9.17) is 17.3 Å². The van der Waals surface area contributed by atoms with Crippen molar-refractivity contribution in [1.29, 1.82) is 0 Å². The third kappa shape index (κ3) is 1.94. The standard InChI is InChI=1S/C13H13ClN2/c1-9-10(4-2-6-12(9)14)11-5-3-7-16-13(11)8-15/h2-7H,8,15H2,1H3. The Hall–Kier alpha value is -1.38. The van der Waals surface area contributed by atoms with Crippen molar-refractivity contribution in [1.82, 2.24) is 4.98 Å². The molecule has 0 radical (unpaired) electrons. The van der Waals surface area contributed by atoms with Crippen LogP contribution in [0.5, 0.6) is 0 Å². The van der Waals surface area contributed by atoms with Gasteiger partial charge < -0.3 is 5.73 Å². The molecule has 0 aliphatic rings. The zero-order valence-electron chi connectivity index (χ0n) is 9.07. The van der Waals surface area contributed by atoms with E-state index >= 15 is 0 Å². The Morgan fingerprint density at radius 2 is 1.94 bits per heavy atom. The first-order valence-corrected chi connectivity index (χ1v) is 5.51. The van der Waals surface area contributed by atoms with Gasteiger partial charge >= 0.3 is 0 Å². The van der Waals surface area contributed by atoms with Crippen LogP contribution < -0.4 is 5.73 Å². The van der Waals surface area contributed by atoms with Crippen molar-refractivity contribution in [3.63, 3.8) is 0 Å². The van der Waals surface area contributed by atoms with Crippen LogP contribution in [0.1, 0.15) is 11.3 Å². The second-order valence-corrected chi connectivity index (χ2v) is 4.02. The molecule has 0 amide bonds. The first-order valence-electron chi connectivity index (χ1n) is 5.13. The molecular formula is C13H13ClN2. The average molecular weight is 233 g/mol. The summed E-state index contributed by atoms with van der Waals surface area (Å²) in [7, 11) is 0. The summed E-state index contributed by atoms with van der Waals surface area (Å²) in [6, 6.07) is 9.80. The maximum Gasteiger partial charge on any atom is 0.0617 e. The van der Waals surface area contributed by atoms with E-state index in [0.29, 0.717) is 6.54 Å². The second kappa shape index (κ2) is 4.64. The summed E-state index contributed by atoms with van der Waals surface area (Å²) in [5, 5.41) is 0.768. The number of rotatable bonds is 2. The molecule has 0 spiro atoms. The molecular weight excluding hydrogens is 220 g/mol. The summed E-state index contributed by atoms with van der Waals surface area (Å²) in [6.45, 7) is 2.44. The fourth-order valence-corrected chi connectivity index (χ4v) is 1.92. The van der Waals surface area contributed by atoms with Crippen LogP contribution in [0, 0.1) is 6.92 Å². The summed E-state index contributed by atoms with van der Waals surface area (Å²) in [4.78, 5) is 4.28. The first-order chi connectivity index (χ1) is 7.74. The molecule has 2 nitrogen and oxygen atoms in total. The number of pyridine rings is 1. The highest BCUT2D eigenvalue weighted by atomic mass is 35.5. The molecule has 0 aliphatic heterocycles. The Balaban J connectivity index is 2.63. The molecule has 0 saturated carbocycles. The van der Waals surface area contributed by atoms with E-state index in [0.717, 1.165) is 27.4 Å². The van der Waals surface area contributed by atoms with E-state index in [1.807, 2.05) is 37.3 Å². The maximum atomic E-state index is 6.11. The fraction of sp³-hybridized carbons (Fsp3) is 0.154. The Bertz CT molecular complexity index is 509. The topological polar surface area (TPSA) is 38.9 Å². The van der Waals surface area contributed by atoms with Crippen LogP contribution in [0.15, 0.2) is 36.5 Å². The molecule has 2 N–H and O–H groups in total. The Labute approximate surface area is 100 Å². The van der Waals surface area contributed by atoms with Crippen LogP contribution in [0.25, 0.3) is 11.1 Å². The first kappa shape index (κ1) is 11.1. The van der Waals surface area contributed by atoms with Crippen molar-refractivity contribution in [3.05, 3.63) is 52.8 Å². The van der Waals surface area contributed by atoms with Gasteiger partial charge in [-0.1, -0.05) is 29.8 Å². The Kier molecular flexibility index (Phi) is 3.22. The number of hydrogen-bond donors (Lipinski definition) is 1. The molecule has 1 heterocycles. The minimum absolute atomic E-state index is 0.433. The van der Waals surface area contributed by atoms with E-state index in [-0.39, 0.29) is 0 Å². The van der Waals surface area contributed by atoms with Crippen molar-refractivity contribution in [2.75, 3.05) is 0 Å². The van der Waals surface area contributed by atoms with Crippen LogP contribution in [-0.2, 0) is 6.54 Å². The molecule has 0 saturated heterocycles. The van der Waals surface area contributed by atoms with E-state index in [9.17, 15) is 0 Å². The highest BCUT2D eigenvalue weighted by Gasteiger charge is 2.08. The number of aromatic nitrogens is 1. The minimum Gasteiger partial charge on any atom is -0.325 e. The summed E-state index contributed by atoms with van der Waals surface area (Å²) >= 11 is 6.11. The predicted molar refractivity (Wildman–Crippen MR) is 67.3 cm³/mol. The molecule has 3 heteroatoms. The number of nitrogens with two attached hydrogens (primary N) is 1. The van der Waals surface area contributed by atoms with Gasteiger partial charge in [0.25, 0.3) is 0 Å². The Morgan fingerprint density at radius 1 is 1.19 bits per heavy atom. The van der Waals surface area contributed by atoms with E-state index in [1.165, 1.54) is 0 Å². The van der Waals surface area contributed by atoms with Crippen molar-refractivity contribution in [2.45, 2.75) is 13.5 Å². The lowest BCUT2D eigenvalue weighted by Gasteiger charge is -2.10. The smallest absolute Gasteiger partial charge is 0.0617 e. The molecule has 16 heavy (non-hydrogen) atoms. The molecule has 1 aromatic carbocycles. The molecule has 0 aliphatic carbocycles. The van der Waals surface area contributed by atoms with Gasteiger partial charge in [0.15, 0.2) is 0 Å². The maximum absolute atomic E-state index is 6.11. The van der Waals surface area contributed by atoms with Crippen LogP contribution in [-0.4, -0.2) is 4.98 Å². The zero-order valence-corrected chi connectivity index (χ0v) is 9.83. The van der Waals surface area contributed by atoms with Crippen LogP contribution in [0.3, 0.4) is 0 Å². The zero-order chi connectivity index (χ0) is 11.5. The lowest BCUT2D eigenvalue weighted by molar-refractivity contribution is 0.993. The van der Waals surface area contributed by atoms with E-state index in [1.54, 1.807) is 6.20 Å². The number of nitrogens with zero attached hydrogens (tertiary/aromatic N) is 1. The average Bonchev–Trinajstić information content (AvgIpc) is 2.33. The van der Waals surface area contributed by atoms with Crippen LogP contribution in [0.2, 0.25) is 5.02 Å². The number of halogens is 1. The van der Waals surface area contributed by atoms with Crippen LogP contribution >= 0.6 is 11.6 Å². The monoisotopic (exact) mass is 232 g/mol. The van der Waals surface area contributed by atoms with Crippen molar-refractivity contribution < 1.29 is 0 Å². The Morgan fingerprint density at radius 3 is 2.69 bits per heavy atom. The fourth-order valence-electron chi connectivity index (χ4n) is 1.75. The normalized spacial score (nSPS) is 10.4. The van der Waals surface area contributed by atoms with E-state index < -0.39 is 0 Å². The summed E-state index contributed by atoms with van der Waals surface area (Å²) in [5.41, 5.74) is 9.80. The second-order valence-electron chi connectivity index (χ2n) is 3.61. The van der Waals surface area contributed by atoms with Crippen molar-refractivity contribution in [2.24, 2.45) is 5.73 Å². The van der Waals surface area contributed by atoms with Gasteiger partial charge in [0, 0.05) is 23.3 Å². The SMILES string of the molecule is Cc1c(Cl)cccc1-c1cccnc1CN.